The van der Waals surface area contributed by atoms with Crippen molar-refractivity contribution in [1.29, 1.82) is 0 Å². The Morgan fingerprint density at radius 2 is 1.63 bits per heavy atom. The number of Topliss-reactive ketones (excluding diaryl/α,β-unsaturated/α-hetero) is 1. The van der Waals surface area contributed by atoms with E-state index in [1.54, 1.807) is 12.1 Å². The van der Waals surface area contributed by atoms with Gasteiger partial charge in [-0.1, -0.05) is 24.3 Å². The molecule has 0 saturated heterocycles. The fourth-order valence-electron chi connectivity index (χ4n) is 2.66. The lowest BCUT2D eigenvalue weighted by atomic mass is 10.1. The monoisotopic (exact) mass is 401 g/mol. The molecule has 0 radical (unpaired) electrons. The van der Waals surface area contributed by atoms with E-state index in [-0.39, 0.29) is 18.4 Å². The Bertz CT molecular complexity index is 1000. The van der Waals surface area contributed by atoms with E-state index in [9.17, 15) is 30.8 Å². The molecule has 2 aromatic carbocycles. The molecular formula is C18H15F4NO3S. The predicted octanol–water partition coefficient (Wildman–Crippen LogP) is 3.80. The van der Waals surface area contributed by atoms with Gasteiger partial charge in [0.1, 0.15) is 4.90 Å². The number of hydrogen-bond acceptors (Lipinski definition) is 3. The highest BCUT2D eigenvalue weighted by atomic mass is 32.2. The summed E-state index contributed by atoms with van der Waals surface area (Å²) < 4.78 is 80.7. The summed E-state index contributed by atoms with van der Waals surface area (Å²) in [5.74, 6) is -8.13. The first-order valence-electron chi connectivity index (χ1n) is 8.07. The topological polar surface area (TPSA) is 54.5 Å². The summed E-state index contributed by atoms with van der Waals surface area (Å²) in [4.78, 5) is 10.1. The molecule has 3 rings (SSSR count). The first-order chi connectivity index (χ1) is 12.6. The van der Waals surface area contributed by atoms with E-state index in [0.717, 1.165) is 4.31 Å². The molecule has 9 heteroatoms. The second-order valence-electron chi connectivity index (χ2n) is 6.33. The number of carbonyl (C=O) groups is 1. The second-order valence-corrected chi connectivity index (χ2v) is 8.19. The molecule has 0 N–H and O–H groups in total. The maximum atomic E-state index is 14.0. The Labute approximate surface area is 153 Å². The first-order valence-corrected chi connectivity index (χ1v) is 9.51. The molecule has 1 aliphatic carbocycles. The third-order valence-corrected chi connectivity index (χ3v) is 6.21. The van der Waals surface area contributed by atoms with Crippen LogP contribution in [0.5, 0.6) is 0 Å². The van der Waals surface area contributed by atoms with Gasteiger partial charge in [0.25, 0.3) is 0 Å². The molecule has 144 valence electrons. The number of sulfonamides is 1. The Kier molecular flexibility index (Phi) is 5.09. The summed E-state index contributed by atoms with van der Waals surface area (Å²) in [6, 6.07) is 5.84. The second kappa shape index (κ2) is 7.05. The summed E-state index contributed by atoms with van der Waals surface area (Å²) in [5.41, 5.74) is 0.951. The number of halogens is 4. The number of ketones is 1. The van der Waals surface area contributed by atoms with Crippen LogP contribution in [0.25, 0.3) is 0 Å². The van der Waals surface area contributed by atoms with Gasteiger partial charge in [-0.15, -0.1) is 0 Å². The first kappa shape index (κ1) is 19.5. The molecule has 4 nitrogen and oxygen atoms in total. The summed E-state index contributed by atoms with van der Waals surface area (Å²) in [7, 11) is -4.61. The lowest BCUT2D eigenvalue weighted by Crippen LogP contribution is -2.33. The molecule has 0 atom stereocenters. The van der Waals surface area contributed by atoms with Crippen molar-refractivity contribution in [3.8, 4) is 0 Å². The normalized spacial score (nSPS) is 14.6. The maximum absolute atomic E-state index is 14.0. The van der Waals surface area contributed by atoms with Gasteiger partial charge in [0.2, 0.25) is 10.0 Å². The molecule has 0 heterocycles. The quantitative estimate of drug-likeness (QED) is 0.320. The van der Waals surface area contributed by atoms with Crippen molar-refractivity contribution in [2.75, 3.05) is 0 Å². The van der Waals surface area contributed by atoms with Crippen molar-refractivity contribution in [1.82, 2.24) is 4.31 Å². The van der Waals surface area contributed by atoms with Crippen LogP contribution in [0.3, 0.4) is 0 Å². The molecule has 0 aromatic heterocycles. The highest BCUT2D eigenvalue weighted by Crippen LogP contribution is 2.35. The van der Waals surface area contributed by atoms with Crippen LogP contribution in [-0.2, 0) is 16.6 Å². The molecule has 27 heavy (non-hydrogen) atoms. The average Bonchev–Trinajstić information content (AvgIpc) is 3.45. The van der Waals surface area contributed by atoms with Crippen molar-refractivity contribution in [2.24, 2.45) is 0 Å². The SMILES string of the molecule is CC(=O)c1ccc(CN(C2CC2)S(=O)(=O)c2cc(F)c(F)c(F)c2F)cc1. The number of rotatable bonds is 6. The van der Waals surface area contributed by atoms with Crippen LogP contribution in [0.15, 0.2) is 35.2 Å². The van der Waals surface area contributed by atoms with Crippen LogP contribution in [0, 0.1) is 23.3 Å². The minimum Gasteiger partial charge on any atom is -0.295 e. The summed E-state index contributed by atoms with van der Waals surface area (Å²) >= 11 is 0. The van der Waals surface area contributed by atoms with Gasteiger partial charge in [0.15, 0.2) is 29.1 Å². The van der Waals surface area contributed by atoms with Gasteiger partial charge in [-0.05, 0) is 25.3 Å². The number of nitrogens with zero attached hydrogens (tertiary/aromatic N) is 1. The largest absolute Gasteiger partial charge is 0.295 e. The molecule has 1 saturated carbocycles. The van der Waals surface area contributed by atoms with E-state index in [4.69, 9.17) is 0 Å². The van der Waals surface area contributed by atoms with E-state index >= 15 is 0 Å². The lowest BCUT2D eigenvalue weighted by Gasteiger charge is -2.22. The molecule has 0 spiro atoms. The predicted molar refractivity (Wildman–Crippen MR) is 88.5 cm³/mol. The average molecular weight is 401 g/mol. The van der Waals surface area contributed by atoms with Gasteiger partial charge in [-0.25, -0.2) is 26.0 Å². The Balaban J connectivity index is 1.98. The zero-order valence-electron chi connectivity index (χ0n) is 14.2. The van der Waals surface area contributed by atoms with Crippen LogP contribution in [0.2, 0.25) is 0 Å². The van der Waals surface area contributed by atoms with Crippen LogP contribution < -0.4 is 0 Å². The molecule has 0 unspecified atom stereocenters. The summed E-state index contributed by atoms with van der Waals surface area (Å²) in [5, 5.41) is 0. The zero-order valence-corrected chi connectivity index (χ0v) is 15.0. The highest BCUT2D eigenvalue weighted by Gasteiger charge is 2.40. The fourth-order valence-corrected chi connectivity index (χ4v) is 4.41. The fraction of sp³-hybridized carbons (Fsp3) is 0.278. The molecular weight excluding hydrogens is 386 g/mol. The van der Waals surface area contributed by atoms with E-state index in [2.05, 4.69) is 0 Å². The standard InChI is InChI=1S/C18H15F4NO3S/c1-10(24)12-4-2-11(3-5-12)9-23(13-6-7-13)27(25,26)15-8-14(19)16(20)18(22)17(15)21/h2-5,8,13H,6-7,9H2,1H3. The zero-order chi connectivity index (χ0) is 19.9. The van der Waals surface area contributed by atoms with E-state index < -0.39 is 44.2 Å². The van der Waals surface area contributed by atoms with Crippen LogP contribution in [0.4, 0.5) is 17.6 Å². The third-order valence-electron chi connectivity index (χ3n) is 4.31. The van der Waals surface area contributed by atoms with Gasteiger partial charge in [0.05, 0.1) is 0 Å². The maximum Gasteiger partial charge on any atom is 0.246 e. The molecule has 0 amide bonds. The van der Waals surface area contributed by atoms with Crippen molar-refractivity contribution in [3.63, 3.8) is 0 Å². The minimum absolute atomic E-state index is 0.150. The van der Waals surface area contributed by atoms with Crippen molar-refractivity contribution >= 4 is 15.8 Å². The smallest absolute Gasteiger partial charge is 0.246 e. The Morgan fingerprint density at radius 1 is 1.04 bits per heavy atom. The lowest BCUT2D eigenvalue weighted by molar-refractivity contribution is 0.101. The highest BCUT2D eigenvalue weighted by molar-refractivity contribution is 7.89. The summed E-state index contributed by atoms with van der Waals surface area (Å²) in [6.07, 6.45) is 1.02. The van der Waals surface area contributed by atoms with Crippen molar-refractivity contribution in [2.45, 2.75) is 37.2 Å². The van der Waals surface area contributed by atoms with Crippen molar-refractivity contribution in [3.05, 3.63) is 64.7 Å². The molecule has 1 aliphatic rings. The number of carbonyl (C=O) groups excluding carboxylic acids is 1. The number of benzene rings is 2. The van der Waals surface area contributed by atoms with Gasteiger partial charge < -0.3 is 0 Å². The van der Waals surface area contributed by atoms with Crippen molar-refractivity contribution < 1.29 is 30.8 Å². The van der Waals surface area contributed by atoms with Crippen LogP contribution in [-0.4, -0.2) is 24.5 Å². The minimum atomic E-state index is -4.61. The van der Waals surface area contributed by atoms with Crippen LogP contribution >= 0.6 is 0 Å². The van der Waals surface area contributed by atoms with Gasteiger partial charge in [-0.2, -0.15) is 4.31 Å². The third kappa shape index (κ3) is 3.74. The number of hydrogen-bond donors (Lipinski definition) is 0. The summed E-state index contributed by atoms with van der Waals surface area (Å²) in [6.45, 7) is 1.21. The molecule has 1 fully saturated rings. The Hall–Kier alpha value is -2.26. The van der Waals surface area contributed by atoms with Gasteiger partial charge in [-0.3, -0.25) is 4.79 Å². The van der Waals surface area contributed by atoms with Gasteiger partial charge >= 0.3 is 0 Å². The van der Waals surface area contributed by atoms with Gasteiger partial charge in [0, 0.05) is 24.2 Å². The molecule has 0 bridgehead atoms. The van der Waals surface area contributed by atoms with E-state index in [0.29, 0.717) is 24.0 Å². The molecule has 0 aliphatic heterocycles. The Morgan fingerprint density at radius 3 is 2.15 bits per heavy atom. The van der Waals surface area contributed by atoms with Crippen LogP contribution in [0.1, 0.15) is 35.7 Å². The van der Waals surface area contributed by atoms with E-state index in [1.807, 2.05) is 0 Å². The van der Waals surface area contributed by atoms with E-state index in [1.165, 1.54) is 19.1 Å². The molecule has 2 aromatic rings.